The maximum Gasteiger partial charge on any atom is 0.0564 e. The molecule has 0 atom stereocenters. The third kappa shape index (κ3) is 6.33. The lowest BCUT2D eigenvalue weighted by molar-refractivity contribution is 0.590. The van der Waals surface area contributed by atoms with Crippen LogP contribution in [0.3, 0.4) is 0 Å². The quantitative estimate of drug-likeness (QED) is 0.160. The number of nitrogens with zero attached hydrogens (tertiary/aromatic N) is 2. The van der Waals surface area contributed by atoms with Gasteiger partial charge in [-0.15, -0.1) is 0 Å². The molecule has 0 N–H and O–H groups in total. The molecule has 0 heterocycles. The Hall–Kier alpha value is -7.16. The molecule has 2 nitrogen and oxygen atoms in total. The maximum absolute atomic E-state index is 2.51. The van der Waals surface area contributed by atoms with E-state index in [0.717, 1.165) is 45.3 Å². The van der Waals surface area contributed by atoms with Crippen molar-refractivity contribution < 1.29 is 0 Å². The van der Waals surface area contributed by atoms with E-state index >= 15 is 0 Å². The van der Waals surface area contributed by atoms with Gasteiger partial charge >= 0.3 is 0 Å². The highest BCUT2D eigenvalue weighted by Gasteiger charge is 2.29. The minimum absolute atomic E-state index is 0.180. The average Bonchev–Trinajstić information content (AvgIpc) is 3.26. The fourth-order valence-electron chi connectivity index (χ4n) is 8.55. The SMILES string of the molecule is CC(C)(C)c1cc(N(c2ccc3ccccc3c2)c2cccc3ccccc23)c(-c2ccccc2)c(N(c2ccc3ccccc3c2)c2cccc3ccccc23)c1. The Morgan fingerprint density at radius 1 is 0.310 bits per heavy atom. The minimum Gasteiger partial charge on any atom is -0.309 e. The average molecular weight is 745 g/mol. The Labute approximate surface area is 340 Å². The molecule has 0 unspecified atom stereocenters. The molecule has 58 heavy (non-hydrogen) atoms. The van der Waals surface area contributed by atoms with Crippen LogP contribution >= 0.6 is 0 Å². The molecular weight excluding hydrogens is 701 g/mol. The third-order valence-corrected chi connectivity index (χ3v) is 11.5. The molecule has 0 radical (unpaired) electrons. The number of hydrogen-bond donors (Lipinski definition) is 0. The van der Waals surface area contributed by atoms with Gasteiger partial charge in [0.1, 0.15) is 0 Å². The summed E-state index contributed by atoms with van der Waals surface area (Å²) in [5, 5.41) is 9.63. The Kier molecular flexibility index (Phi) is 8.76. The molecule has 0 spiro atoms. The summed E-state index contributed by atoms with van der Waals surface area (Å²) in [5.41, 5.74) is 10.1. The first-order valence-electron chi connectivity index (χ1n) is 20.2. The van der Waals surface area contributed by atoms with E-state index in [-0.39, 0.29) is 5.41 Å². The molecule has 0 aliphatic rings. The number of rotatable bonds is 7. The van der Waals surface area contributed by atoms with Gasteiger partial charge in [-0.1, -0.05) is 185 Å². The summed E-state index contributed by atoms with van der Waals surface area (Å²) in [4.78, 5) is 5.02. The summed E-state index contributed by atoms with van der Waals surface area (Å²) in [7, 11) is 0. The molecule has 10 aromatic rings. The van der Waals surface area contributed by atoms with Gasteiger partial charge in [-0.05, 0) is 97.4 Å². The van der Waals surface area contributed by atoms with Crippen LogP contribution in [0.5, 0.6) is 0 Å². The van der Waals surface area contributed by atoms with E-state index < -0.39 is 0 Å². The van der Waals surface area contributed by atoms with Crippen molar-refractivity contribution in [3.05, 3.63) is 218 Å². The molecule has 278 valence electrons. The van der Waals surface area contributed by atoms with Gasteiger partial charge in [0.2, 0.25) is 0 Å². The fraction of sp³-hybridized carbons (Fsp3) is 0.0714. The van der Waals surface area contributed by atoms with Crippen LogP contribution in [0, 0.1) is 0 Å². The van der Waals surface area contributed by atoms with Gasteiger partial charge in [-0.25, -0.2) is 0 Å². The molecule has 0 amide bonds. The normalized spacial score (nSPS) is 11.7. The van der Waals surface area contributed by atoms with E-state index in [9.17, 15) is 0 Å². The number of anilines is 6. The van der Waals surface area contributed by atoms with Crippen molar-refractivity contribution in [2.24, 2.45) is 0 Å². The zero-order valence-electron chi connectivity index (χ0n) is 33.1. The molecular formula is C56H44N2. The molecule has 0 aromatic heterocycles. The van der Waals surface area contributed by atoms with Gasteiger partial charge in [0.15, 0.2) is 0 Å². The van der Waals surface area contributed by atoms with Crippen LogP contribution in [0.25, 0.3) is 54.2 Å². The van der Waals surface area contributed by atoms with Gasteiger partial charge in [-0.3, -0.25) is 0 Å². The second-order valence-corrected chi connectivity index (χ2v) is 16.2. The maximum atomic E-state index is 2.51. The first-order chi connectivity index (χ1) is 28.4. The zero-order valence-corrected chi connectivity index (χ0v) is 33.1. The summed E-state index contributed by atoms with van der Waals surface area (Å²) in [6, 6.07) is 77.9. The van der Waals surface area contributed by atoms with Gasteiger partial charge in [0.05, 0.1) is 22.7 Å². The first-order valence-corrected chi connectivity index (χ1v) is 20.2. The van der Waals surface area contributed by atoms with Gasteiger partial charge in [0.25, 0.3) is 0 Å². The summed E-state index contributed by atoms with van der Waals surface area (Å²) < 4.78 is 0. The highest BCUT2D eigenvalue weighted by atomic mass is 15.2. The Balaban J connectivity index is 1.38. The van der Waals surface area contributed by atoms with Crippen molar-refractivity contribution in [3.63, 3.8) is 0 Å². The standard InChI is InChI=1S/C56H44N2/c1-56(2,3)46-37-53(57(47-33-31-39-17-7-9-23-44(39)35-47)51-29-15-25-41-19-11-13-27-49(41)51)55(43-21-5-4-6-22-43)54(38-46)58(48-34-32-40-18-8-10-24-45(40)36-48)52-30-16-26-42-20-12-14-28-50(42)52/h4-38H,1-3H3. The van der Waals surface area contributed by atoms with E-state index in [0.29, 0.717) is 0 Å². The van der Waals surface area contributed by atoms with Crippen molar-refractivity contribution in [1.82, 2.24) is 0 Å². The predicted octanol–water partition coefficient (Wildman–Crippen LogP) is 16.2. The molecule has 0 saturated carbocycles. The van der Waals surface area contributed by atoms with Crippen molar-refractivity contribution in [2.75, 3.05) is 9.80 Å². The Morgan fingerprint density at radius 3 is 1.17 bits per heavy atom. The lowest BCUT2D eigenvalue weighted by Gasteiger charge is -2.36. The van der Waals surface area contributed by atoms with E-state index in [2.05, 4.69) is 243 Å². The van der Waals surface area contributed by atoms with Crippen LogP contribution in [0.4, 0.5) is 34.1 Å². The lowest BCUT2D eigenvalue weighted by atomic mass is 9.83. The van der Waals surface area contributed by atoms with E-state index in [1.165, 1.54) is 48.7 Å². The van der Waals surface area contributed by atoms with Gasteiger partial charge in [0, 0.05) is 27.7 Å². The van der Waals surface area contributed by atoms with Crippen LogP contribution in [0.2, 0.25) is 0 Å². The van der Waals surface area contributed by atoms with Gasteiger partial charge in [-0.2, -0.15) is 0 Å². The van der Waals surface area contributed by atoms with Gasteiger partial charge < -0.3 is 9.80 Å². The first kappa shape index (κ1) is 35.3. The van der Waals surface area contributed by atoms with Crippen molar-refractivity contribution in [1.29, 1.82) is 0 Å². The summed E-state index contributed by atoms with van der Waals surface area (Å²) in [6.07, 6.45) is 0. The Morgan fingerprint density at radius 2 is 0.707 bits per heavy atom. The third-order valence-electron chi connectivity index (χ3n) is 11.5. The topological polar surface area (TPSA) is 6.48 Å². The largest absolute Gasteiger partial charge is 0.309 e. The van der Waals surface area contributed by atoms with E-state index in [1.54, 1.807) is 0 Å². The van der Waals surface area contributed by atoms with E-state index in [1.807, 2.05) is 0 Å². The monoisotopic (exact) mass is 744 g/mol. The second kappa shape index (κ2) is 14.4. The van der Waals surface area contributed by atoms with Crippen molar-refractivity contribution >= 4 is 77.2 Å². The fourth-order valence-corrected chi connectivity index (χ4v) is 8.55. The van der Waals surface area contributed by atoms with Crippen molar-refractivity contribution in [3.8, 4) is 11.1 Å². The molecule has 2 heteroatoms. The van der Waals surface area contributed by atoms with Crippen LogP contribution in [0.15, 0.2) is 212 Å². The number of benzene rings is 10. The van der Waals surface area contributed by atoms with E-state index in [4.69, 9.17) is 0 Å². The summed E-state index contributed by atoms with van der Waals surface area (Å²) >= 11 is 0. The summed E-state index contributed by atoms with van der Waals surface area (Å²) in [6.45, 7) is 6.98. The lowest BCUT2D eigenvalue weighted by Crippen LogP contribution is -2.19. The minimum atomic E-state index is -0.180. The highest BCUT2D eigenvalue weighted by molar-refractivity contribution is 6.08. The molecule has 0 bridgehead atoms. The zero-order chi connectivity index (χ0) is 39.2. The van der Waals surface area contributed by atoms with Crippen LogP contribution in [0.1, 0.15) is 26.3 Å². The molecule has 10 aromatic carbocycles. The van der Waals surface area contributed by atoms with Crippen LogP contribution < -0.4 is 9.80 Å². The molecule has 10 rings (SSSR count). The Bertz CT molecular complexity index is 2920. The number of hydrogen-bond acceptors (Lipinski definition) is 2. The molecule has 0 fully saturated rings. The summed E-state index contributed by atoms with van der Waals surface area (Å²) in [5.74, 6) is 0. The predicted molar refractivity (Wildman–Crippen MR) is 250 cm³/mol. The molecule has 0 aliphatic carbocycles. The second-order valence-electron chi connectivity index (χ2n) is 16.2. The highest BCUT2D eigenvalue weighted by Crippen LogP contribution is 2.52. The number of fused-ring (bicyclic) bond motifs is 4. The van der Waals surface area contributed by atoms with Crippen molar-refractivity contribution in [2.45, 2.75) is 26.2 Å². The van der Waals surface area contributed by atoms with Crippen LogP contribution in [-0.2, 0) is 5.41 Å². The smallest absolute Gasteiger partial charge is 0.0564 e. The molecule has 0 aliphatic heterocycles. The molecule has 0 saturated heterocycles. The van der Waals surface area contributed by atoms with Crippen LogP contribution in [-0.4, -0.2) is 0 Å².